The Kier molecular flexibility index (Phi) is 5.43. The Morgan fingerprint density at radius 1 is 1.24 bits per heavy atom. The van der Waals surface area contributed by atoms with Gasteiger partial charge in [0.2, 0.25) is 0 Å². The molecule has 6 heteroatoms. The van der Waals surface area contributed by atoms with Crippen molar-refractivity contribution in [1.29, 1.82) is 0 Å². The molecule has 2 aromatic rings. The van der Waals surface area contributed by atoms with Gasteiger partial charge in [-0.2, -0.15) is 0 Å². The van der Waals surface area contributed by atoms with Crippen LogP contribution in [0.4, 0.5) is 5.82 Å². The molecule has 154 valence electrons. The van der Waals surface area contributed by atoms with E-state index in [-0.39, 0.29) is 18.1 Å². The molecular formula is C23H30N4O2. The van der Waals surface area contributed by atoms with Crippen molar-refractivity contribution >= 4 is 11.7 Å². The fraction of sp³-hybridized carbons (Fsp3) is 0.522. The maximum atomic E-state index is 12.6. The van der Waals surface area contributed by atoms with Crippen molar-refractivity contribution in [1.82, 2.24) is 14.9 Å². The lowest BCUT2D eigenvalue weighted by atomic mass is 10.1. The summed E-state index contributed by atoms with van der Waals surface area (Å²) in [7, 11) is 0. The monoisotopic (exact) mass is 394 g/mol. The quantitative estimate of drug-likeness (QED) is 0.773. The second-order valence-electron chi connectivity index (χ2n) is 8.29. The zero-order valence-electron chi connectivity index (χ0n) is 17.8. The Labute approximate surface area is 172 Å². The summed E-state index contributed by atoms with van der Waals surface area (Å²) in [6.07, 6.45) is 4.87. The van der Waals surface area contributed by atoms with E-state index in [4.69, 9.17) is 9.72 Å². The van der Waals surface area contributed by atoms with Crippen molar-refractivity contribution in [2.24, 2.45) is 0 Å². The molecule has 4 heterocycles. The molecule has 0 aromatic carbocycles. The fourth-order valence-electron chi connectivity index (χ4n) is 4.14. The maximum Gasteiger partial charge on any atom is 0.256 e. The summed E-state index contributed by atoms with van der Waals surface area (Å²) >= 11 is 0. The van der Waals surface area contributed by atoms with Crippen molar-refractivity contribution in [2.45, 2.75) is 65.6 Å². The van der Waals surface area contributed by atoms with Crippen LogP contribution in [0.15, 0.2) is 24.4 Å². The lowest BCUT2D eigenvalue weighted by Crippen LogP contribution is -2.39. The number of ether oxygens (including phenoxy) is 1. The van der Waals surface area contributed by atoms with Gasteiger partial charge < -0.3 is 14.5 Å². The van der Waals surface area contributed by atoms with Crippen LogP contribution in [0, 0.1) is 6.92 Å². The molecule has 2 aliphatic heterocycles. The molecule has 2 aromatic heterocycles. The van der Waals surface area contributed by atoms with E-state index < -0.39 is 0 Å². The average Bonchev–Trinajstić information content (AvgIpc) is 3.05. The summed E-state index contributed by atoms with van der Waals surface area (Å²) in [5, 5.41) is 0. The number of anilines is 1. The number of hydrogen-bond acceptors (Lipinski definition) is 5. The van der Waals surface area contributed by atoms with Crippen molar-refractivity contribution in [3.8, 4) is 5.75 Å². The average molecular weight is 395 g/mol. The lowest BCUT2D eigenvalue weighted by Gasteiger charge is -2.33. The van der Waals surface area contributed by atoms with Gasteiger partial charge in [0.1, 0.15) is 17.7 Å². The number of rotatable bonds is 5. The third-order valence-corrected chi connectivity index (χ3v) is 5.90. The van der Waals surface area contributed by atoms with Crippen LogP contribution in [0.2, 0.25) is 0 Å². The molecule has 0 spiro atoms. The first-order valence-corrected chi connectivity index (χ1v) is 10.6. The second kappa shape index (κ2) is 8.01. The van der Waals surface area contributed by atoms with Crippen LogP contribution < -0.4 is 9.64 Å². The molecule has 0 atom stereocenters. The van der Waals surface area contributed by atoms with E-state index in [1.165, 1.54) is 0 Å². The number of aromatic nitrogens is 2. The van der Waals surface area contributed by atoms with E-state index >= 15 is 0 Å². The predicted octanol–water partition coefficient (Wildman–Crippen LogP) is 3.76. The first kappa shape index (κ1) is 19.7. The van der Waals surface area contributed by atoms with Gasteiger partial charge in [-0.15, -0.1) is 0 Å². The zero-order valence-corrected chi connectivity index (χ0v) is 17.8. The summed E-state index contributed by atoms with van der Waals surface area (Å²) in [5.41, 5.74) is 3.83. The molecule has 0 aliphatic carbocycles. The van der Waals surface area contributed by atoms with E-state index in [0.717, 1.165) is 66.4 Å². The third-order valence-electron chi connectivity index (χ3n) is 5.90. The maximum absolute atomic E-state index is 12.6. The SMILES string of the molecule is CCc1ccc(OC2CCN(c3nc4c(cc3C)C(=O)N(C(C)C)C4)CC2)cn1. The van der Waals surface area contributed by atoms with Crippen molar-refractivity contribution in [3.63, 3.8) is 0 Å². The summed E-state index contributed by atoms with van der Waals surface area (Å²) in [6.45, 7) is 10.7. The van der Waals surface area contributed by atoms with Crippen molar-refractivity contribution in [2.75, 3.05) is 18.0 Å². The number of fused-ring (bicyclic) bond motifs is 1. The minimum Gasteiger partial charge on any atom is -0.489 e. The first-order valence-electron chi connectivity index (χ1n) is 10.6. The van der Waals surface area contributed by atoms with Crippen LogP contribution >= 0.6 is 0 Å². The van der Waals surface area contributed by atoms with Gasteiger partial charge in [-0.3, -0.25) is 9.78 Å². The van der Waals surface area contributed by atoms with Crippen LogP contribution in [-0.2, 0) is 13.0 Å². The van der Waals surface area contributed by atoms with Gasteiger partial charge in [-0.05, 0) is 51.0 Å². The van der Waals surface area contributed by atoms with E-state index in [1.807, 2.05) is 43.1 Å². The number of aryl methyl sites for hydroxylation is 2. The molecule has 6 nitrogen and oxygen atoms in total. The number of pyridine rings is 2. The first-order chi connectivity index (χ1) is 14.0. The summed E-state index contributed by atoms with van der Waals surface area (Å²) in [6, 6.07) is 6.26. The minimum absolute atomic E-state index is 0.104. The summed E-state index contributed by atoms with van der Waals surface area (Å²) in [4.78, 5) is 26.1. The highest BCUT2D eigenvalue weighted by Gasteiger charge is 2.32. The molecule has 0 radical (unpaired) electrons. The van der Waals surface area contributed by atoms with E-state index in [0.29, 0.717) is 6.54 Å². The van der Waals surface area contributed by atoms with Gasteiger partial charge in [0.05, 0.1) is 24.0 Å². The molecule has 0 unspecified atom stereocenters. The lowest BCUT2D eigenvalue weighted by molar-refractivity contribution is 0.0730. The van der Waals surface area contributed by atoms with E-state index in [2.05, 4.69) is 23.7 Å². The molecule has 0 saturated carbocycles. The number of amides is 1. The Morgan fingerprint density at radius 3 is 2.62 bits per heavy atom. The fourth-order valence-corrected chi connectivity index (χ4v) is 4.14. The number of piperidine rings is 1. The molecule has 1 saturated heterocycles. The van der Waals surface area contributed by atoms with Crippen LogP contribution in [-0.4, -0.2) is 46.0 Å². The van der Waals surface area contributed by atoms with Gasteiger partial charge in [-0.1, -0.05) is 6.92 Å². The number of carbonyl (C=O) groups is 1. The van der Waals surface area contributed by atoms with Crippen molar-refractivity contribution in [3.05, 3.63) is 46.9 Å². The van der Waals surface area contributed by atoms with Crippen LogP contribution in [0.25, 0.3) is 0 Å². The standard InChI is InChI=1S/C23H30N4O2/c1-5-17-6-7-19(13-24-17)29-18-8-10-26(11-9-18)22-16(4)12-20-21(25-22)14-27(15(2)3)23(20)28/h6-7,12-13,15,18H,5,8-11,14H2,1-4H3. The van der Waals surface area contributed by atoms with Crippen LogP contribution in [0.3, 0.4) is 0 Å². The normalized spacial score (nSPS) is 17.2. The number of carbonyl (C=O) groups excluding carboxylic acids is 1. The third kappa shape index (κ3) is 3.93. The smallest absolute Gasteiger partial charge is 0.256 e. The highest BCUT2D eigenvalue weighted by molar-refractivity contribution is 5.98. The highest BCUT2D eigenvalue weighted by atomic mass is 16.5. The Balaban J connectivity index is 1.41. The van der Waals surface area contributed by atoms with Crippen LogP contribution in [0.1, 0.15) is 60.9 Å². The summed E-state index contributed by atoms with van der Waals surface area (Å²) < 4.78 is 6.14. The van der Waals surface area contributed by atoms with E-state index in [1.54, 1.807) is 0 Å². The van der Waals surface area contributed by atoms with E-state index in [9.17, 15) is 4.79 Å². The predicted molar refractivity (Wildman–Crippen MR) is 113 cm³/mol. The highest BCUT2D eigenvalue weighted by Crippen LogP contribution is 2.30. The molecular weight excluding hydrogens is 364 g/mol. The molecule has 4 rings (SSSR count). The van der Waals surface area contributed by atoms with Gasteiger partial charge in [-0.25, -0.2) is 4.98 Å². The summed E-state index contributed by atoms with van der Waals surface area (Å²) in [5.74, 6) is 1.96. The van der Waals surface area contributed by atoms with Crippen LogP contribution in [0.5, 0.6) is 5.75 Å². The Hall–Kier alpha value is -2.63. The van der Waals surface area contributed by atoms with Gasteiger partial charge >= 0.3 is 0 Å². The molecule has 29 heavy (non-hydrogen) atoms. The largest absolute Gasteiger partial charge is 0.489 e. The topological polar surface area (TPSA) is 58.6 Å². The Morgan fingerprint density at radius 2 is 2.00 bits per heavy atom. The molecule has 1 amide bonds. The van der Waals surface area contributed by atoms with Gasteiger partial charge in [0.25, 0.3) is 5.91 Å². The molecule has 2 aliphatic rings. The molecule has 0 bridgehead atoms. The molecule has 1 fully saturated rings. The zero-order chi connectivity index (χ0) is 20.5. The molecule has 0 N–H and O–H groups in total. The van der Waals surface area contributed by atoms with Crippen molar-refractivity contribution < 1.29 is 9.53 Å². The van der Waals surface area contributed by atoms with Gasteiger partial charge in [0, 0.05) is 37.7 Å². The second-order valence-corrected chi connectivity index (χ2v) is 8.29. The van der Waals surface area contributed by atoms with Gasteiger partial charge in [0.15, 0.2) is 0 Å². The number of nitrogens with zero attached hydrogens (tertiary/aromatic N) is 4. The number of hydrogen-bond donors (Lipinski definition) is 0. The Bertz CT molecular complexity index is 886. The minimum atomic E-state index is 0.104.